The van der Waals surface area contributed by atoms with Gasteiger partial charge in [-0.2, -0.15) is 0 Å². The fraction of sp³-hybridized carbons (Fsp3) is 0.655. The second-order valence-corrected chi connectivity index (χ2v) is 11.4. The summed E-state index contributed by atoms with van der Waals surface area (Å²) in [6, 6.07) is 8.52. The van der Waals surface area contributed by atoms with Crippen LogP contribution in [0.5, 0.6) is 0 Å². The molecule has 0 heterocycles. The zero-order chi connectivity index (χ0) is 26.5. The predicted octanol–water partition coefficient (Wildman–Crippen LogP) is 3.13. The molecule has 1 aromatic rings. The zero-order valence-corrected chi connectivity index (χ0v) is 21.9. The average molecular weight is 513 g/mol. The molecule has 4 fully saturated rings. The smallest absolute Gasteiger partial charge is 0.310 e. The van der Waals surface area contributed by atoms with E-state index in [-0.39, 0.29) is 60.0 Å². The number of carbonyl (C=O) groups is 4. The molecule has 8 nitrogen and oxygen atoms in total. The number of aldehydes is 1. The molecule has 0 amide bonds. The molecule has 0 saturated heterocycles. The standard InChI is InChI=1S/C29H36O8/c1-34-14-29(13-30)18-11-20(22(12-18)25(29)28(33)37-4)16-7-5-15(6-8-16)19-9-17-10-21(19)24(27(32)36-3)23(17)26(31)35-2/h5-8,13,17-25H,9-12,14H2,1-4H3. The number of esters is 3. The van der Waals surface area contributed by atoms with Crippen LogP contribution in [0.4, 0.5) is 0 Å². The van der Waals surface area contributed by atoms with Crippen molar-refractivity contribution in [2.24, 2.45) is 46.8 Å². The Hall–Kier alpha value is -2.74. The molecule has 4 bridgehead atoms. The van der Waals surface area contributed by atoms with Crippen molar-refractivity contribution >= 4 is 24.2 Å². The van der Waals surface area contributed by atoms with Crippen molar-refractivity contribution in [3.8, 4) is 0 Å². The highest BCUT2D eigenvalue weighted by molar-refractivity contribution is 5.84. The fourth-order valence-corrected chi connectivity index (χ4v) is 8.76. The minimum atomic E-state index is -0.828. The molecule has 0 aromatic heterocycles. The Bertz CT molecular complexity index is 1070. The molecule has 4 aliphatic rings. The summed E-state index contributed by atoms with van der Waals surface area (Å²) in [5, 5.41) is 0. The lowest BCUT2D eigenvalue weighted by atomic mass is 9.63. The van der Waals surface area contributed by atoms with Crippen LogP contribution in [0.3, 0.4) is 0 Å². The van der Waals surface area contributed by atoms with E-state index in [1.807, 2.05) is 0 Å². The second kappa shape index (κ2) is 9.86. The number of fused-ring (bicyclic) bond motifs is 4. The molecule has 10 unspecified atom stereocenters. The van der Waals surface area contributed by atoms with E-state index < -0.39 is 23.2 Å². The van der Waals surface area contributed by atoms with E-state index in [0.29, 0.717) is 0 Å². The third kappa shape index (κ3) is 3.82. The molecule has 4 saturated carbocycles. The van der Waals surface area contributed by atoms with Crippen molar-refractivity contribution in [3.05, 3.63) is 35.4 Å². The highest BCUT2D eigenvalue weighted by Gasteiger charge is 2.65. The molecule has 1 aromatic carbocycles. The van der Waals surface area contributed by atoms with Gasteiger partial charge in [0.2, 0.25) is 0 Å². The van der Waals surface area contributed by atoms with Crippen molar-refractivity contribution in [3.63, 3.8) is 0 Å². The Balaban J connectivity index is 1.37. The van der Waals surface area contributed by atoms with E-state index in [9.17, 15) is 19.2 Å². The average Bonchev–Trinajstić information content (AvgIpc) is 3.70. The number of methoxy groups -OCH3 is 4. The summed E-state index contributed by atoms with van der Waals surface area (Å²) in [7, 11) is 5.68. The maximum atomic E-state index is 12.8. The van der Waals surface area contributed by atoms with Crippen LogP contribution in [0.1, 0.15) is 48.6 Å². The third-order valence-corrected chi connectivity index (χ3v) is 10.2. The van der Waals surface area contributed by atoms with Crippen molar-refractivity contribution in [2.75, 3.05) is 35.0 Å². The SMILES string of the molecule is COCC1(C=O)C2CC(c3ccc(C4CC5CC4C(C(=O)OC)C5C(=O)OC)cc3)C(C2)C1C(=O)OC. The molecule has 4 aliphatic carbocycles. The second-order valence-electron chi connectivity index (χ2n) is 11.4. The van der Waals surface area contributed by atoms with E-state index >= 15 is 0 Å². The van der Waals surface area contributed by atoms with Crippen LogP contribution >= 0.6 is 0 Å². The summed E-state index contributed by atoms with van der Waals surface area (Å²) in [4.78, 5) is 50.2. The number of benzene rings is 1. The molecule has 10 atom stereocenters. The number of rotatable bonds is 8. The van der Waals surface area contributed by atoms with Crippen LogP contribution in [0.2, 0.25) is 0 Å². The van der Waals surface area contributed by atoms with Crippen LogP contribution in [0.25, 0.3) is 0 Å². The summed E-state index contributed by atoms with van der Waals surface area (Å²) >= 11 is 0. The Morgan fingerprint density at radius 1 is 0.784 bits per heavy atom. The van der Waals surface area contributed by atoms with Gasteiger partial charge in [-0.1, -0.05) is 24.3 Å². The highest BCUT2D eigenvalue weighted by Crippen LogP contribution is 2.64. The van der Waals surface area contributed by atoms with E-state index in [2.05, 4.69) is 24.3 Å². The van der Waals surface area contributed by atoms with Gasteiger partial charge in [0, 0.05) is 7.11 Å². The molecule has 0 radical (unpaired) electrons. The van der Waals surface area contributed by atoms with E-state index in [1.165, 1.54) is 21.3 Å². The Morgan fingerprint density at radius 2 is 1.35 bits per heavy atom. The maximum Gasteiger partial charge on any atom is 0.310 e. The minimum absolute atomic E-state index is 0.0238. The topological polar surface area (TPSA) is 105 Å². The molecule has 0 N–H and O–H groups in total. The van der Waals surface area contributed by atoms with Gasteiger partial charge in [-0.25, -0.2) is 0 Å². The van der Waals surface area contributed by atoms with Crippen LogP contribution < -0.4 is 0 Å². The Morgan fingerprint density at radius 3 is 1.89 bits per heavy atom. The molecular weight excluding hydrogens is 476 g/mol. The van der Waals surface area contributed by atoms with E-state index in [4.69, 9.17) is 18.9 Å². The number of ether oxygens (including phenoxy) is 4. The van der Waals surface area contributed by atoms with Gasteiger partial charge in [0.05, 0.1) is 51.1 Å². The normalized spacial score (nSPS) is 39.4. The summed E-state index contributed by atoms with van der Waals surface area (Å²) in [5.74, 6) is -1.85. The van der Waals surface area contributed by atoms with Gasteiger partial charge in [0.25, 0.3) is 0 Å². The number of hydrogen-bond acceptors (Lipinski definition) is 8. The van der Waals surface area contributed by atoms with Gasteiger partial charge in [-0.3, -0.25) is 14.4 Å². The van der Waals surface area contributed by atoms with Gasteiger partial charge < -0.3 is 23.7 Å². The first-order valence-corrected chi connectivity index (χ1v) is 13.1. The van der Waals surface area contributed by atoms with Gasteiger partial charge in [-0.05, 0) is 72.3 Å². The first-order valence-electron chi connectivity index (χ1n) is 13.1. The third-order valence-electron chi connectivity index (χ3n) is 10.2. The number of hydrogen-bond donors (Lipinski definition) is 0. The number of carbonyl (C=O) groups excluding carboxylic acids is 4. The summed E-state index contributed by atoms with van der Waals surface area (Å²) in [5.41, 5.74) is 1.48. The van der Waals surface area contributed by atoms with Crippen LogP contribution in [0, 0.1) is 46.8 Å². The highest BCUT2D eigenvalue weighted by atomic mass is 16.5. The largest absolute Gasteiger partial charge is 0.469 e. The quantitative estimate of drug-likeness (QED) is 0.297. The van der Waals surface area contributed by atoms with Gasteiger partial charge in [0.1, 0.15) is 6.29 Å². The fourth-order valence-electron chi connectivity index (χ4n) is 8.76. The monoisotopic (exact) mass is 512 g/mol. The summed E-state index contributed by atoms with van der Waals surface area (Å²) in [6.07, 6.45) is 4.22. The Labute approximate surface area is 217 Å². The predicted molar refractivity (Wildman–Crippen MR) is 131 cm³/mol. The first-order chi connectivity index (χ1) is 17.8. The minimum Gasteiger partial charge on any atom is -0.469 e. The molecule has 200 valence electrons. The van der Waals surface area contributed by atoms with Crippen LogP contribution in [0.15, 0.2) is 24.3 Å². The van der Waals surface area contributed by atoms with Crippen molar-refractivity contribution in [2.45, 2.75) is 37.5 Å². The van der Waals surface area contributed by atoms with Crippen LogP contribution in [-0.2, 0) is 38.1 Å². The van der Waals surface area contributed by atoms with Crippen molar-refractivity contribution < 1.29 is 38.1 Å². The van der Waals surface area contributed by atoms with Gasteiger partial charge >= 0.3 is 17.9 Å². The lowest BCUT2D eigenvalue weighted by molar-refractivity contribution is -0.160. The van der Waals surface area contributed by atoms with Crippen molar-refractivity contribution in [1.82, 2.24) is 0 Å². The Kier molecular flexibility index (Phi) is 6.90. The molecule has 5 rings (SSSR count). The first kappa shape index (κ1) is 25.9. The van der Waals surface area contributed by atoms with Gasteiger partial charge in [0.15, 0.2) is 0 Å². The molecule has 37 heavy (non-hydrogen) atoms. The van der Waals surface area contributed by atoms with Crippen LogP contribution in [-0.4, -0.2) is 59.2 Å². The molecular formula is C29H36O8. The molecule has 0 aliphatic heterocycles. The molecule has 0 spiro atoms. The lowest BCUT2D eigenvalue weighted by Crippen LogP contribution is -2.47. The zero-order valence-electron chi connectivity index (χ0n) is 21.9. The molecule has 8 heteroatoms. The van der Waals surface area contributed by atoms with Crippen molar-refractivity contribution in [1.29, 1.82) is 0 Å². The van der Waals surface area contributed by atoms with E-state index in [0.717, 1.165) is 43.1 Å². The lowest BCUT2D eigenvalue weighted by Gasteiger charge is -2.41. The summed E-state index contributed by atoms with van der Waals surface area (Å²) in [6.45, 7) is 0.223. The van der Waals surface area contributed by atoms with E-state index in [1.54, 1.807) is 7.11 Å². The summed E-state index contributed by atoms with van der Waals surface area (Å²) < 4.78 is 20.6. The van der Waals surface area contributed by atoms with Gasteiger partial charge in [-0.15, -0.1) is 0 Å². The maximum absolute atomic E-state index is 12.8.